The Kier molecular flexibility index (Phi) is 56.4. The molecule has 530 valence electrons. The van der Waals surface area contributed by atoms with E-state index in [1.165, 1.54) is 161 Å². The molecule has 14 heteroatoms. The molecule has 0 spiro atoms. The minimum Gasteiger partial charge on any atom is -0.394 e. The summed E-state index contributed by atoms with van der Waals surface area (Å²) in [6.45, 7) is 2.69. The van der Waals surface area contributed by atoms with Crippen LogP contribution >= 0.6 is 0 Å². The monoisotopic (exact) mass is 1290 g/mol. The van der Waals surface area contributed by atoms with E-state index in [1.807, 2.05) is 6.08 Å². The average molecular weight is 1290 g/mol. The van der Waals surface area contributed by atoms with Gasteiger partial charge in [-0.05, 0) is 83.5 Å². The molecule has 2 fully saturated rings. The van der Waals surface area contributed by atoms with E-state index in [4.69, 9.17) is 18.9 Å². The van der Waals surface area contributed by atoms with Crippen molar-refractivity contribution in [3.63, 3.8) is 0 Å². The predicted molar refractivity (Wildman–Crippen MR) is 378 cm³/mol. The molecule has 9 N–H and O–H groups in total. The number of aliphatic hydroxyl groups excluding tert-OH is 8. The van der Waals surface area contributed by atoms with Crippen LogP contribution in [0, 0.1) is 0 Å². The maximum atomic E-state index is 13.3. The summed E-state index contributed by atoms with van der Waals surface area (Å²) in [5.41, 5.74) is 0. The fourth-order valence-electron chi connectivity index (χ4n) is 11.6. The third kappa shape index (κ3) is 44.4. The third-order valence-corrected chi connectivity index (χ3v) is 17.5. The molecule has 12 atom stereocenters. The topological polar surface area (TPSA) is 228 Å². The summed E-state index contributed by atoms with van der Waals surface area (Å²) < 4.78 is 22.9. The number of nitrogens with one attached hydrogen (secondary N) is 1. The van der Waals surface area contributed by atoms with Crippen LogP contribution in [0.4, 0.5) is 0 Å². The Labute approximate surface area is 559 Å². The van der Waals surface area contributed by atoms with Crippen molar-refractivity contribution in [3.05, 3.63) is 109 Å². The number of unbranched alkanes of at least 4 members (excludes halogenated alkanes) is 31. The Morgan fingerprint density at radius 2 is 0.750 bits per heavy atom. The van der Waals surface area contributed by atoms with Crippen molar-refractivity contribution < 1.29 is 64.6 Å². The summed E-state index contributed by atoms with van der Waals surface area (Å²) in [6.07, 6.45) is 71.4. The lowest BCUT2D eigenvalue weighted by atomic mass is 9.97. The summed E-state index contributed by atoms with van der Waals surface area (Å²) >= 11 is 0. The minimum absolute atomic E-state index is 0.245. The van der Waals surface area contributed by atoms with Gasteiger partial charge in [0.05, 0.1) is 32.0 Å². The highest BCUT2D eigenvalue weighted by Gasteiger charge is 2.51. The van der Waals surface area contributed by atoms with Gasteiger partial charge in [-0.1, -0.05) is 303 Å². The molecular formula is C78H135NO13. The number of amides is 1. The van der Waals surface area contributed by atoms with Crippen LogP contribution in [0.5, 0.6) is 0 Å². The lowest BCUT2D eigenvalue weighted by Gasteiger charge is -2.46. The maximum Gasteiger partial charge on any atom is 0.220 e. The molecule has 0 bridgehead atoms. The molecule has 2 heterocycles. The van der Waals surface area contributed by atoms with Gasteiger partial charge in [0.1, 0.15) is 48.8 Å². The van der Waals surface area contributed by atoms with Gasteiger partial charge in [-0.15, -0.1) is 0 Å². The molecule has 0 aromatic heterocycles. The molecule has 92 heavy (non-hydrogen) atoms. The highest BCUT2D eigenvalue weighted by atomic mass is 16.7. The fraction of sp³-hybridized carbons (Fsp3) is 0.756. The Morgan fingerprint density at radius 3 is 1.15 bits per heavy atom. The van der Waals surface area contributed by atoms with Gasteiger partial charge in [0.2, 0.25) is 5.91 Å². The molecule has 0 aromatic carbocycles. The SMILES string of the molecule is CC/C=C\C/C=C\C/C=C\C/C=C\C/C=C\C/C=C\C/C=C\C/C=C\CCCCCCC(=O)NC(COC1OC(CO)C(OC2OC(CO)C(O)C(O)C2O)C(O)C1O)C(O)/C=C/CCCCCCCCCCCCCCCCCCCCCCCCCCCCC. The van der Waals surface area contributed by atoms with E-state index in [2.05, 4.69) is 116 Å². The van der Waals surface area contributed by atoms with E-state index in [1.54, 1.807) is 6.08 Å². The molecule has 14 nitrogen and oxygen atoms in total. The molecule has 2 aliphatic heterocycles. The van der Waals surface area contributed by atoms with Gasteiger partial charge < -0.3 is 65.1 Å². The van der Waals surface area contributed by atoms with E-state index in [-0.39, 0.29) is 18.9 Å². The molecular weight excluding hydrogens is 1160 g/mol. The van der Waals surface area contributed by atoms with Crippen molar-refractivity contribution in [3.8, 4) is 0 Å². The van der Waals surface area contributed by atoms with Crippen LogP contribution in [-0.4, -0.2) is 140 Å². The Balaban J connectivity index is 1.69. The molecule has 12 unspecified atom stereocenters. The summed E-state index contributed by atoms with van der Waals surface area (Å²) in [5, 5.41) is 87.5. The Morgan fingerprint density at radius 1 is 0.402 bits per heavy atom. The van der Waals surface area contributed by atoms with Crippen LogP contribution in [0.1, 0.15) is 284 Å². The van der Waals surface area contributed by atoms with Gasteiger partial charge in [0.15, 0.2) is 12.6 Å². The smallest absolute Gasteiger partial charge is 0.220 e. The fourth-order valence-corrected chi connectivity index (χ4v) is 11.6. The van der Waals surface area contributed by atoms with Crippen molar-refractivity contribution in [1.82, 2.24) is 5.32 Å². The van der Waals surface area contributed by atoms with Gasteiger partial charge in [-0.3, -0.25) is 4.79 Å². The predicted octanol–water partition coefficient (Wildman–Crippen LogP) is 15.9. The average Bonchev–Trinajstić information content (AvgIpc) is 0.836. The van der Waals surface area contributed by atoms with E-state index in [0.29, 0.717) is 6.42 Å². The van der Waals surface area contributed by atoms with Gasteiger partial charge in [0.25, 0.3) is 0 Å². The van der Waals surface area contributed by atoms with Crippen LogP contribution in [-0.2, 0) is 23.7 Å². The summed E-state index contributed by atoms with van der Waals surface area (Å²) in [5.74, 6) is -0.265. The number of carbonyl (C=O) groups excluding carboxylic acids is 1. The van der Waals surface area contributed by atoms with Crippen LogP contribution < -0.4 is 5.32 Å². The molecule has 2 saturated heterocycles. The zero-order valence-corrected chi connectivity index (χ0v) is 57.8. The van der Waals surface area contributed by atoms with Crippen LogP contribution in [0.15, 0.2) is 109 Å². The van der Waals surface area contributed by atoms with Gasteiger partial charge >= 0.3 is 0 Å². The van der Waals surface area contributed by atoms with Crippen LogP contribution in [0.2, 0.25) is 0 Å². The Bertz CT molecular complexity index is 1960. The highest BCUT2D eigenvalue weighted by molar-refractivity contribution is 5.76. The summed E-state index contributed by atoms with van der Waals surface area (Å²) in [6, 6.07) is -0.939. The molecule has 2 rings (SSSR count). The lowest BCUT2D eigenvalue weighted by Crippen LogP contribution is -2.65. The second-order valence-electron chi connectivity index (χ2n) is 25.7. The second kappa shape index (κ2) is 61.3. The van der Waals surface area contributed by atoms with Crippen LogP contribution in [0.25, 0.3) is 0 Å². The van der Waals surface area contributed by atoms with Gasteiger partial charge in [-0.25, -0.2) is 0 Å². The number of carbonyl (C=O) groups is 1. The zero-order chi connectivity index (χ0) is 66.6. The third-order valence-electron chi connectivity index (χ3n) is 17.5. The maximum absolute atomic E-state index is 13.3. The van der Waals surface area contributed by atoms with Gasteiger partial charge in [-0.2, -0.15) is 0 Å². The first-order chi connectivity index (χ1) is 45.1. The van der Waals surface area contributed by atoms with Crippen molar-refractivity contribution in [1.29, 1.82) is 0 Å². The van der Waals surface area contributed by atoms with E-state index >= 15 is 0 Å². The number of hydrogen-bond acceptors (Lipinski definition) is 13. The van der Waals surface area contributed by atoms with Gasteiger partial charge in [0, 0.05) is 6.42 Å². The molecule has 2 aliphatic rings. The zero-order valence-electron chi connectivity index (χ0n) is 57.8. The lowest BCUT2D eigenvalue weighted by molar-refractivity contribution is -0.359. The first-order valence-corrected chi connectivity index (χ1v) is 37.1. The minimum atomic E-state index is -1.80. The Hall–Kier alpha value is -3.35. The number of ether oxygens (including phenoxy) is 4. The first kappa shape index (κ1) is 84.7. The quantitative estimate of drug-likeness (QED) is 0.0204. The van der Waals surface area contributed by atoms with Crippen LogP contribution in [0.3, 0.4) is 0 Å². The number of allylic oxidation sites excluding steroid dienone is 17. The first-order valence-electron chi connectivity index (χ1n) is 37.1. The number of rotatable bonds is 60. The number of aliphatic hydroxyl groups is 8. The second-order valence-corrected chi connectivity index (χ2v) is 25.7. The number of hydrogen-bond donors (Lipinski definition) is 9. The molecule has 0 radical (unpaired) electrons. The normalized spacial score (nSPS) is 23.3. The van der Waals surface area contributed by atoms with Crippen molar-refractivity contribution in [2.45, 2.75) is 357 Å². The molecule has 0 aliphatic carbocycles. The van der Waals surface area contributed by atoms with E-state index in [0.717, 1.165) is 96.3 Å². The van der Waals surface area contributed by atoms with E-state index < -0.39 is 86.8 Å². The highest BCUT2D eigenvalue weighted by Crippen LogP contribution is 2.30. The standard InChI is InChI=1S/C78H135NO13/c1-3-5-7-9-11-13-15-17-19-21-23-25-27-29-31-33-35-37-39-41-43-45-47-49-51-53-55-57-59-61-67(82)66(65-89-77-75(88)73(86)76(69(64-81)91-77)92-78-74(87)72(85)71(84)68(63-80)90-78)79-70(83)62-60-58-56-54-52-50-48-46-44-42-40-38-36-34-32-30-28-26-24-22-20-18-16-14-12-10-8-6-4-2/h6,8,12,14,18,20,24,26,30,32,36,38,42,44,48,50,59,61,66-69,71-78,80-82,84-88H,3-5,7,9-11,13,15-17,19,21-23,25,27-29,31,33-35,37,39-41,43,45-47,49,51-58,60,62-65H2,1-2H3,(H,79,83)/b8-6-,14-12-,20-18-,26-24-,32-30-,38-36-,44-42-,50-48-,61-59+. The van der Waals surface area contributed by atoms with Crippen molar-refractivity contribution in [2.24, 2.45) is 0 Å². The summed E-state index contributed by atoms with van der Waals surface area (Å²) in [4.78, 5) is 13.3. The molecule has 0 saturated carbocycles. The van der Waals surface area contributed by atoms with Crippen molar-refractivity contribution >= 4 is 5.91 Å². The van der Waals surface area contributed by atoms with Crippen molar-refractivity contribution in [2.75, 3.05) is 19.8 Å². The molecule has 0 aromatic rings. The largest absolute Gasteiger partial charge is 0.394 e. The van der Waals surface area contributed by atoms with E-state index in [9.17, 15) is 45.6 Å². The summed E-state index contributed by atoms with van der Waals surface area (Å²) in [7, 11) is 0. The molecule has 1 amide bonds.